The summed E-state index contributed by atoms with van der Waals surface area (Å²) in [5.41, 5.74) is 6.79. The van der Waals surface area contributed by atoms with Gasteiger partial charge in [0.2, 0.25) is 0 Å². The third-order valence-electron chi connectivity index (χ3n) is 11.6. The Morgan fingerprint density at radius 2 is 0.667 bits per heavy atom. The molecule has 0 spiro atoms. The zero-order valence-electron chi connectivity index (χ0n) is 30.7. The van der Waals surface area contributed by atoms with Crippen molar-refractivity contribution in [3.05, 3.63) is 223 Å². The molecule has 0 heterocycles. The highest BCUT2D eigenvalue weighted by Crippen LogP contribution is 2.36. The first-order valence-corrected chi connectivity index (χ1v) is 22.8. The van der Waals surface area contributed by atoms with Crippen LogP contribution < -0.4 is 46.2 Å². The zero-order valence-corrected chi connectivity index (χ0v) is 32.7. The molecule has 0 saturated heterocycles. The first-order valence-electron chi connectivity index (χ1n) is 18.8. The Balaban J connectivity index is 1.23. The van der Waals surface area contributed by atoms with E-state index in [4.69, 9.17) is 4.74 Å². The molecule has 0 unspecified atom stereocenters. The molecule has 0 aromatic heterocycles. The Morgan fingerprint density at radius 1 is 0.352 bits per heavy atom. The van der Waals surface area contributed by atoms with Crippen molar-refractivity contribution in [1.29, 1.82) is 0 Å². The average molecular weight is 727 g/mol. The van der Waals surface area contributed by atoms with E-state index in [2.05, 4.69) is 213 Å². The normalized spacial score (nSPS) is 12.2. The molecule has 9 rings (SSSR count). The fraction of sp³-hybridized carbons (Fsp3) is 0.0588. The van der Waals surface area contributed by atoms with Gasteiger partial charge in [-0.1, -0.05) is 200 Å². The van der Waals surface area contributed by atoms with Gasteiger partial charge in [-0.25, -0.2) is 0 Å². The molecule has 54 heavy (non-hydrogen) atoms. The first kappa shape index (κ1) is 33.8. The van der Waals surface area contributed by atoms with Crippen molar-refractivity contribution in [1.82, 2.24) is 0 Å². The zero-order chi connectivity index (χ0) is 36.5. The quantitative estimate of drug-likeness (QED) is 0.125. The van der Waals surface area contributed by atoms with Crippen LogP contribution in [0.25, 0.3) is 11.1 Å². The summed E-state index contributed by atoms with van der Waals surface area (Å²) in [6, 6.07) is 77.8. The molecule has 0 amide bonds. The van der Waals surface area contributed by atoms with Crippen molar-refractivity contribution in [3.8, 4) is 16.9 Å². The molecule has 260 valence electrons. The second kappa shape index (κ2) is 14.1. The first-order chi connectivity index (χ1) is 26.6. The molecule has 0 aliphatic heterocycles. The second-order valence-electron chi connectivity index (χ2n) is 14.5. The number of methoxy groups -OCH3 is 1. The highest BCUT2D eigenvalue weighted by molar-refractivity contribution is 7.20. The number of aryl methyl sites for hydroxylation is 1. The Kier molecular flexibility index (Phi) is 8.82. The van der Waals surface area contributed by atoms with Crippen molar-refractivity contribution in [2.75, 3.05) is 7.11 Å². The molecule has 0 radical (unpaired) electrons. The number of rotatable bonds is 9. The minimum Gasteiger partial charge on any atom is -0.497 e. The SMILES string of the molecule is COc1ccc([Si](c2ccccc2)(c2ccccc2)c2ccc3c(c2)Cc2cc([Si](c4ccccc4)(c4ccccc4)c4ccc(C)cc4)ccc2-3)cc1. The van der Waals surface area contributed by atoms with Crippen LogP contribution in [0.5, 0.6) is 5.75 Å². The summed E-state index contributed by atoms with van der Waals surface area (Å²) in [5, 5.41) is 11.1. The second-order valence-corrected chi connectivity index (χ2v) is 22.1. The lowest BCUT2D eigenvalue weighted by Gasteiger charge is -2.35. The highest BCUT2D eigenvalue weighted by Gasteiger charge is 2.44. The molecule has 0 atom stereocenters. The van der Waals surface area contributed by atoms with Crippen LogP contribution in [-0.4, -0.2) is 23.3 Å². The molecule has 1 aliphatic rings. The van der Waals surface area contributed by atoms with Gasteiger partial charge in [0.1, 0.15) is 5.75 Å². The van der Waals surface area contributed by atoms with E-state index in [9.17, 15) is 0 Å². The van der Waals surface area contributed by atoms with Gasteiger partial charge in [0.15, 0.2) is 16.1 Å². The van der Waals surface area contributed by atoms with E-state index in [0.29, 0.717) is 0 Å². The lowest BCUT2D eigenvalue weighted by molar-refractivity contribution is 0.415. The van der Waals surface area contributed by atoms with E-state index in [1.165, 1.54) is 69.3 Å². The molecule has 1 aliphatic carbocycles. The van der Waals surface area contributed by atoms with Gasteiger partial charge in [-0.2, -0.15) is 0 Å². The summed E-state index contributed by atoms with van der Waals surface area (Å²) >= 11 is 0. The summed E-state index contributed by atoms with van der Waals surface area (Å²) in [4.78, 5) is 0. The summed E-state index contributed by atoms with van der Waals surface area (Å²) < 4.78 is 5.64. The fourth-order valence-corrected chi connectivity index (χ4v) is 18.6. The van der Waals surface area contributed by atoms with Crippen LogP contribution in [0.1, 0.15) is 16.7 Å². The maximum Gasteiger partial charge on any atom is 0.179 e. The summed E-state index contributed by atoms with van der Waals surface area (Å²) in [7, 11) is -3.62. The van der Waals surface area contributed by atoms with Crippen LogP contribution in [0, 0.1) is 6.92 Å². The molecule has 0 N–H and O–H groups in total. The van der Waals surface area contributed by atoms with Gasteiger partial charge in [-0.3, -0.25) is 0 Å². The monoisotopic (exact) mass is 726 g/mol. The standard InChI is InChI=1S/C51H42OSi2/c1-38-23-27-46(28-24-38)53(42-15-7-3-8-16-42,43-17-9-4-10-18-43)48-31-33-50-39(36-48)35-40-37-49(32-34-51(40)50)54(44-19-11-5-12-20-44,45-21-13-6-14-22-45)47-29-25-41(52-2)26-30-47/h3-34,36-37H,35H2,1-2H3. The van der Waals surface area contributed by atoms with Gasteiger partial charge in [-0.05, 0) is 89.2 Å². The Morgan fingerprint density at radius 3 is 1.02 bits per heavy atom. The van der Waals surface area contributed by atoms with Crippen LogP contribution in [0.2, 0.25) is 0 Å². The van der Waals surface area contributed by atoms with Crippen LogP contribution in [-0.2, 0) is 6.42 Å². The van der Waals surface area contributed by atoms with E-state index in [0.717, 1.165) is 12.2 Å². The lowest BCUT2D eigenvalue weighted by atomic mass is 10.1. The largest absolute Gasteiger partial charge is 0.497 e. The minimum absolute atomic E-state index is 0.874. The summed E-state index contributed by atoms with van der Waals surface area (Å²) in [5.74, 6) is 0.874. The molecule has 3 heteroatoms. The van der Waals surface area contributed by atoms with Gasteiger partial charge in [-0.15, -0.1) is 0 Å². The fourth-order valence-electron chi connectivity index (χ4n) is 9.07. The van der Waals surface area contributed by atoms with Crippen LogP contribution in [0.15, 0.2) is 206 Å². The predicted molar refractivity (Wildman–Crippen MR) is 233 cm³/mol. The van der Waals surface area contributed by atoms with Gasteiger partial charge in [0, 0.05) is 0 Å². The number of ether oxygens (including phenoxy) is 1. The van der Waals surface area contributed by atoms with Crippen molar-refractivity contribution in [2.45, 2.75) is 13.3 Å². The summed E-state index contributed by atoms with van der Waals surface area (Å²) in [6.45, 7) is 2.18. The molecular formula is C51H42OSi2. The number of fused-ring (bicyclic) bond motifs is 3. The molecule has 8 aromatic carbocycles. The third-order valence-corrected chi connectivity index (χ3v) is 21.1. The Bertz CT molecular complexity index is 2450. The van der Waals surface area contributed by atoms with Gasteiger partial charge >= 0.3 is 0 Å². The van der Waals surface area contributed by atoms with Crippen LogP contribution >= 0.6 is 0 Å². The Hall–Kier alpha value is -6.01. The maximum absolute atomic E-state index is 5.64. The topological polar surface area (TPSA) is 9.23 Å². The van der Waals surface area contributed by atoms with Crippen LogP contribution in [0.4, 0.5) is 0 Å². The smallest absolute Gasteiger partial charge is 0.179 e. The molecule has 0 saturated carbocycles. The predicted octanol–water partition coefficient (Wildman–Crippen LogP) is 6.33. The molecule has 0 fully saturated rings. The minimum atomic E-state index is -2.71. The molecular weight excluding hydrogens is 685 g/mol. The van der Waals surface area contributed by atoms with E-state index < -0.39 is 16.1 Å². The van der Waals surface area contributed by atoms with Gasteiger partial charge < -0.3 is 4.74 Å². The van der Waals surface area contributed by atoms with Crippen molar-refractivity contribution in [3.63, 3.8) is 0 Å². The van der Waals surface area contributed by atoms with E-state index >= 15 is 0 Å². The average Bonchev–Trinajstić information content (AvgIpc) is 3.61. The highest BCUT2D eigenvalue weighted by atomic mass is 28.3. The van der Waals surface area contributed by atoms with Crippen molar-refractivity contribution in [2.24, 2.45) is 0 Å². The van der Waals surface area contributed by atoms with E-state index in [1.54, 1.807) is 7.11 Å². The Labute approximate surface area is 321 Å². The number of hydrogen-bond acceptors (Lipinski definition) is 1. The van der Waals surface area contributed by atoms with E-state index in [1.807, 2.05) is 0 Å². The molecule has 0 bridgehead atoms. The summed E-state index contributed by atoms with van der Waals surface area (Å²) in [6.07, 6.45) is 0.908. The van der Waals surface area contributed by atoms with Gasteiger partial charge in [0.25, 0.3) is 0 Å². The van der Waals surface area contributed by atoms with Crippen LogP contribution in [0.3, 0.4) is 0 Å². The lowest BCUT2D eigenvalue weighted by Crippen LogP contribution is -2.74. The van der Waals surface area contributed by atoms with Gasteiger partial charge in [0.05, 0.1) is 7.11 Å². The van der Waals surface area contributed by atoms with E-state index in [-0.39, 0.29) is 0 Å². The van der Waals surface area contributed by atoms with Crippen molar-refractivity contribution < 1.29 is 4.74 Å². The molecule has 1 nitrogen and oxygen atoms in total. The van der Waals surface area contributed by atoms with Crippen molar-refractivity contribution >= 4 is 57.6 Å². The maximum atomic E-state index is 5.64. The molecule has 8 aromatic rings. The third kappa shape index (κ3) is 5.51. The number of hydrogen-bond donors (Lipinski definition) is 0. The number of benzene rings is 8.